The molecule has 1 saturated heterocycles. The summed E-state index contributed by atoms with van der Waals surface area (Å²) >= 11 is 0. The lowest BCUT2D eigenvalue weighted by atomic mass is 9.98. The SMILES string of the molecule is COC(=O)Nc1n[nH]c2ccc(S(=O)(=O)N(C[C@H](O)[C@H](Cc3ccccc3)N(C(=O)O)C3COCOC3)OC3CCCC3)cc12. The molecule has 0 unspecified atom stereocenters. The number of ether oxygens (including phenoxy) is 3. The predicted molar refractivity (Wildman–Crippen MR) is 160 cm³/mol. The summed E-state index contributed by atoms with van der Waals surface area (Å²) < 4.78 is 44.5. The molecule has 2 heterocycles. The lowest BCUT2D eigenvalue weighted by Crippen LogP contribution is -2.59. The number of amides is 2. The second-order valence-electron chi connectivity index (χ2n) is 10.9. The lowest BCUT2D eigenvalue weighted by molar-refractivity contribution is -0.159. The first-order valence-corrected chi connectivity index (χ1v) is 16.0. The molecule has 0 radical (unpaired) electrons. The fraction of sp³-hybridized carbons (Fsp3) is 0.483. The van der Waals surface area contributed by atoms with E-state index in [-0.39, 0.29) is 37.1 Å². The number of hydrogen-bond acceptors (Lipinski definition) is 10. The van der Waals surface area contributed by atoms with Gasteiger partial charge >= 0.3 is 12.2 Å². The number of anilines is 1. The Hall–Kier alpha value is -3.80. The fourth-order valence-corrected chi connectivity index (χ4v) is 6.95. The van der Waals surface area contributed by atoms with Crippen molar-refractivity contribution in [2.45, 2.75) is 61.3 Å². The number of carbonyl (C=O) groups excluding carboxylic acids is 1. The number of aromatic nitrogens is 2. The zero-order chi connectivity index (χ0) is 32.0. The number of carboxylic acid groups (broad SMARTS) is 1. The van der Waals surface area contributed by atoms with Crippen molar-refractivity contribution in [1.82, 2.24) is 19.6 Å². The highest BCUT2D eigenvalue weighted by Crippen LogP contribution is 2.30. The zero-order valence-corrected chi connectivity index (χ0v) is 25.5. The van der Waals surface area contributed by atoms with Crippen molar-refractivity contribution >= 4 is 38.9 Å². The van der Waals surface area contributed by atoms with E-state index in [0.29, 0.717) is 23.7 Å². The van der Waals surface area contributed by atoms with Gasteiger partial charge in [0.25, 0.3) is 10.0 Å². The molecular weight excluding hydrogens is 610 g/mol. The van der Waals surface area contributed by atoms with Crippen molar-refractivity contribution in [1.29, 1.82) is 0 Å². The van der Waals surface area contributed by atoms with Crippen molar-refractivity contribution in [3.8, 4) is 0 Å². The van der Waals surface area contributed by atoms with E-state index in [4.69, 9.17) is 14.3 Å². The first kappa shape index (κ1) is 32.6. The van der Waals surface area contributed by atoms with E-state index < -0.39 is 53.0 Å². The lowest BCUT2D eigenvalue weighted by Gasteiger charge is -2.40. The van der Waals surface area contributed by atoms with Crippen LogP contribution in [-0.2, 0) is 35.5 Å². The topological polar surface area (TPSA) is 193 Å². The number of aromatic amines is 1. The molecule has 0 bridgehead atoms. The number of benzene rings is 2. The van der Waals surface area contributed by atoms with Crippen LogP contribution in [-0.4, -0.2) is 108 Å². The molecule has 2 aliphatic rings. The number of nitrogens with one attached hydrogen (secondary N) is 2. The smallest absolute Gasteiger partial charge is 0.412 e. The van der Waals surface area contributed by atoms with Gasteiger partial charge in [-0.2, -0.15) is 5.10 Å². The molecule has 2 atom stereocenters. The second kappa shape index (κ2) is 14.5. The third kappa shape index (κ3) is 7.71. The highest BCUT2D eigenvalue weighted by atomic mass is 32.2. The number of H-pyrrole nitrogens is 1. The number of hydrogen-bond donors (Lipinski definition) is 4. The molecule has 2 aromatic carbocycles. The number of aliphatic hydroxyl groups is 1. The number of fused-ring (bicyclic) bond motifs is 1. The predicted octanol–water partition coefficient (Wildman–Crippen LogP) is 2.93. The maximum absolute atomic E-state index is 14.2. The highest BCUT2D eigenvalue weighted by molar-refractivity contribution is 7.89. The van der Waals surface area contributed by atoms with Crippen molar-refractivity contribution in [2.75, 3.05) is 39.0 Å². The first-order chi connectivity index (χ1) is 21.7. The van der Waals surface area contributed by atoms with Crippen LogP contribution in [0.15, 0.2) is 53.4 Å². The van der Waals surface area contributed by atoms with Crippen molar-refractivity contribution in [2.24, 2.45) is 0 Å². The summed E-state index contributed by atoms with van der Waals surface area (Å²) in [4.78, 5) is 31.4. The van der Waals surface area contributed by atoms with Gasteiger partial charge in [0.15, 0.2) is 5.82 Å². The van der Waals surface area contributed by atoms with Gasteiger partial charge < -0.3 is 24.4 Å². The van der Waals surface area contributed by atoms with Gasteiger partial charge in [-0.3, -0.25) is 20.2 Å². The number of sulfonamides is 1. The molecule has 5 rings (SSSR count). The van der Waals surface area contributed by atoms with Crippen molar-refractivity contribution < 1.29 is 47.3 Å². The Morgan fingerprint density at radius 3 is 2.51 bits per heavy atom. The molecule has 45 heavy (non-hydrogen) atoms. The first-order valence-electron chi connectivity index (χ1n) is 14.6. The summed E-state index contributed by atoms with van der Waals surface area (Å²) in [5, 5.41) is 31.5. The Morgan fingerprint density at radius 1 is 1.13 bits per heavy atom. The largest absolute Gasteiger partial charge is 0.465 e. The Balaban J connectivity index is 1.49. The quantitative estimate of drug-likeness (QED) is 0.211. The number of aliphatic hydroxyl groups excluding tert-OH is 1. The molecule has 2 amide bonds. The minimum Gasteiger partial charge on any atom is -0.465 e. The van der Waals surface area contributed by atoms with Crippen LogP contribution in [0.5, 0.6) is 0 Å². The second-order valence-corrected chi connectivity index (χ2v) is 12.8. The van der Waals surface area contributed by atoms with Crippen molar-refractivity contribution in [3.63, 3.8) is 0 Å². The number of methoxy groups -OCH3 is 1. The Labute approximate surface area is 260 Å². The summed E-state index contributed by atoms with van der Waals surface area (Å²) in [6.45, 7) is -0.435. The molecule has 3 aromatic rings. The Morgan fingerprint density at radius 2 is 1.84 bits per heavy atom. The molecular formula is C29H37N5O10S. The molecule has 244 valence electrons. The number of nitrogens with zero attached hydrogens (tertiary/aromatic N) is 3. The highest BCUT2D eigenvalue weighted by Gasteiger charge is 2.40. The van der Waals surface area contributed by atoms with E-state index in [1.54, 1.807) is 24.3 Å². The van der Waals surface area contributed by atoms with E-state index in [9.17, 15) is 28.2 Å². The minimum atomic E-state index is -4.43. The normalized spacial score (nSPS) is 17.8. The standard InChI is InChI=1S/C29H37N5O10S/c1-41-28(36)30-27-23-14-22(11-12-24(23)31-32-27)45(39,40)33(44-21-9-5-6-10-21)15-26(35)25(13-19-7-3-2-4-8-19)34(29(37)38)20-16-42-18-43-17-20/h2-4,7-8,11-12,14,20-21,25-26,35H,5-6,9-10,13,15-18H2,1H3,(H,37,38)(H2,30,31,32,36)/t25-,26-/m0/s1. The number of rotatable bonds is 12. The fourth-order valence-electron chi connectivity index (χ4n) is 5.63. The van der Waals surface area contributed by atoms with Crippen LogP contribution in [0.4, 0.5) is 15.4 Å². The maximum atomic E-state index is 14.2. The van der Waals surface area contributed by atoms with Crippen LogP contribution >= 0.6 is 0 Å². The molecule has 1 saturated carbocycles. The third-order valence-corrected chi connectivity index (χ3v) is 9.52. The molecule has 16 heteroatoms. The molecule has 4 N–H and O–H groups in total. The Kier molecular flexibility index (Phi) is 10.5. The van der Waals surface area contributed by atoms with Gasteiger partial charge in [0.2, 0.25) is 0 Å². The van der Waals surface area contributed by atoms with E-state index >= 15 is 0 Å². The van der Waals surface area contributed by atoms with Crippen molar-refractivity contribution in [3.05, 3.63) is 54.1 Å². The Bertz CT molecular complexity index is 1560. The van der Waals surface area contributed by atoms with Gasteiger partial charge in [0, 0.05) is 5.39 Å². The molecule has 2 fully saturated rings. The zero-order valence-electron chi connectivity index (χ0n) is 24.7. The van der Waals surface area contributed by atoms with E-state index in [0.717, 1.165) is 27.8 Å². The third-order valence-electron chi connectivity index (χ3n) is 7.90. The molecule has 1 aromatic heterocycles. The van der Waals surface area contributed by atoms with Crippen LogP contribution in [0.25, 0.3) is 10.9 Å². The summed E-state index contributed by atoms with van der Waals surface area (Å²) in [6, 6.07) is 11.4. The van der Waals surface area contributed by atoms with E-state index in [2.05, 4.69) is 20.3 Å². The average molecular weight is 648 g/mol. The summed E-state index contributed by atoms with van der Waals surface area (Å²) in [7, 11) is -3.24. The molecule has 0 spiro atoms. The van der Waals surface area contributed by atoms with Gasteiger partial charge in [0.1, 0.15) is 6.79 Å². The van der Waals surface area contributed by atoms with Gasteiger partial charge in [0.05, 0.1) is 61.6 Å². The van der Waals surface area contributed by atoms with Crippen LogP contribution in [0, 0.1) is 0 Å². The monoisotopic (exact) mass is 647 g/mol. The van der Waals surface area contributed by atoms with Gasteiger partial charge in [-0.15, -0.1) is 0 Å². The van der Waals surface area contributed by atoms with E-state index in [1.807, 2.05) is 6.07 Å². The van der Waals surface area contributed by atoms with Crippen LogP contribution < -0.4 is 5.32 Å². The molecule has 1 aliphatic heterocycles. The average Bonchev–Trinajstić information content (AvgIpc) is 3.71. The van der Waals surface area contributed by atoms with Gasteiger partial charge in [-0.05, 0) is 43.0 Å². The molecule has 1 aliphatic carbocycles. The van der Waals surface area contributed by atoms with Crippen LogP contribution in [0.3, 0.4) is 0 Å². The van der Waals surface area contributed by atoms with Crippen LogP contribution in [0.1, 0.15) is 31.2 Å². The van der Waals surface area contributed by atoms with Gasteiger partial charge in [-0.1, -0.05) is 47.6 Å². The number of hydroxylamine groups is 1. The summed E-state index contributed by atoms with van der Waals surface area (Å²) in [5.74, 6) is 0.0640. The molecule has 15 nitrogen and oxygen atoms in total. The van der Waals surface area contributed by atoms with E-state index in [1.165, 1.54) is 25.3 Å². The maximum Gasteiger partial charge on any atom is 0.412 e. The van der Waals surface area contributed by atoms with Crippen LogP contribution in [0.2, 0.25) is 0 Å². The summed E-state index contributed by atoms with van der Waals surface area (Å²) in [6.07, 6.45) is -0.971. The minimum absolute atomic E-state index is 0.0228. The summed E-state index contributed by atoms with van der Waals surface area (Å²) in [5.41, 5.74) is 1.20. The van der Waals surface area contributed by atoms with Gasteiger partial charge in [-0.25, -0.2) is 18.0 Å². The number of carbonyl (C=O) groups is 2.